The molecule has 0 saturated heterocycles. The smallest absolute Gasteiger partial charge is 0.407 e. The van der Waals surface area contributed by atoms with Crippen LogP contribution in [0.5, 0.6) is 11.5 Å². The van der Waals surface area contributed by atoms with Gasteiger partial charge in [-0.2, -0.15) is 14.0 Å². The molecule has 192 valence electrons. The number of halogens is 2. The first-order chi connectivity index (χ1) is 17.9. The molecule has 1 aliphatic heterocycles. The van der Waals surface area contributed by atoms with Crippen LogP contribution in [0.2, 0.25) is 0 Å². The van der Waals surface area contributed by atoms with Crippen molar-refractivity contribution in [1.82, 2.24) is 9.55 Å². The SMILES string of the molecule is CN(c1cc(=O)n(C)c2ccc(C#N)nc12)C1CCC(/C(=N\OC(F)F)c2cccc3c2OCO3)CC1. The van der Waals surface area contributed by atoms with E-state index in [1.165, 1.54) is 10.6 Å². The topological polar surface area (TPSA) is 102 Å². The third-order valence-electron chi connectivity index (χ3n) is 7.10. The zero-order valence-electron chi connectivity index (χ0n) is 20.4. The maximum atomic E-state index is 12.9. The molecule has 5 rings (SSSR count). The molecule has 3 heterocycles. The fraction of sp³-hybridized carbons (Fsp3) is 0.385. The molecule has 1 aromatic carbocycles. The summed E-state index contributed by atoms with van der Waals surface area (Å²) in [6, 6.07) is 12.3. The molecule has 9 nitrogen and oxygen atoms in total. The van der Waals surface area contributed by atoms with Gasteiger partial charge in [0.1, 0.15) is 17.3 Å². The number of aryl methyl sites for hydroxylation is 1. The van der Waals surface area contributed by atoms with Crippen LogP contribution < -0.4 is 19.9 Å². The Morgan fingerprint density at radius 2 is 2.03 bits per heavy atom. The van der Waals surface area contributed by atoms with Gasteiger partial charge in [0.15, 0.2) is 11.5 Å². The highest BCUT2D eigenvalue weighted by atomic mass is 19.3. The Hall–Kier alpha value is -4.20. The summed E-state index contributed by atoms with van der Waals surface area (Å²) in [6.07, 6.45) is 2.75. The maximum Gasteiger partial charge on any atom is 0.407 e. The minimum atomic E-state index is -3.04. The fourth-order valence-corrected chi connectivity index (χ4v) is 5.15. The van der Waals surface area contributed by atoms with E-state index in [0.717, 1.165) is 12.8 Å². The van der Waals surface area contributed by atoms with Crippen LogP contribution in [0.3, 0.4) is 0 Å². The second kappa shape index (κ2) is 10.0. The van der Waals surface area contributed by atoms with Crippen molar-refractivity contribution in [2.24, 2.45) is 18.1 Å². The number of nitrogens with zero attached hydrogens (tertiary/aromatic N) is 5. The second-order valence-corrected chi connectivity index (χ2v) is 9.10. The molecule has 0 unspecified atom stereocenters. The van der Waals surface area contributed by atoms with Gasteiger partial charge in [-0.05, 0) is 49.9 Å². The highest BCUT2D eigenvalue weighted by Gasteiger charge is 2.32. The summed E-state index contributed by atoms with van der Waals surface area (Å²) in [7, 11) is 3.58. The van der Waals surface area contributed by atoms with Crippen molar-refractivity contribution in [2.45, 2.75) is 38.3 Å². The van der Waals surface area contributed by atoms with Crippen LogP contribution in [0.1, 0.15) is 36.9 Å². The average Bonchev–Trinajstić information content (AvgIpc) is 3.40. The Bertz CT molecular complexity index is 1460. The van der Waals surface area contributed by atoms with Crippen molar-refractivity contribution in [3.63, 3.8) is 0 Å². The van der Waals surface area contributed by atoms with Gasteiger partial charge in [-0.1, -0.05) is 11.2 Å². The monoisotopic (exact) mass is 509 g/mol. The summed E-state index contributed by atoms with van der Waals surface area (Å²) in [6.45, 7) is -2.98. The largest absolute Gasteiger partial charge is 0.454 e. The van der Waals surface area contributed by atoms with E-state index in [1.807, 2.05) is 11.9 Å². The van der Waals surface area contributed by atoms with Crippen molar-refractivity contribution < 1.29 is 23.1 Å². The van der Waals surface area contributed by atoms with Crippen LogP contribution in [0, 0.1) is 17.2 Å². The van der Waals surface area contributed by atoms with Crippen molar-refractivity contribution in [3.8, 4) is 17.6 Å². The van der Waals surface area contributed by atoms with Gasteiger partial charge in [0.05, 0.1) is 16.9 Å². The molecule has 0 spiro atoms. The number of benzene rings is 1. The lowest BCUT2D eigenvalue weighted by atomic mass is 9.80. The highest BCUT2D eigenvalue weighted by molar-refractivity contribution is 6.05. The molecular weight excluding hydrogens is 484 g/mol. The number of hydrogen-bond acceptors (Lipinski definition) is 8. The molecule has 3 aromatic rings. The van der Waals surface area contributed by atoms with Crippen LogP contribution in [0.15, 0.2) is 46.3 Å². The van der Waals surface area contributed by atoms with Crippen LogP contribution >= 0.6 is 0 Å². The van der Waals surface area contributed by atoms with E-state index in [-0.39, 0.29) is 30.0 Å². The van der Waals surface area contributed by atoms with Gasteiger partial charge in [0.25, 0.3) is 5.56 Å². The molecule has 0 bridgehead atoms. The van der Waals surface area contributed by atoms with E-state index in [9.17, 15) is 18.8 Å². The molecule has 0 atom stereocenters. The van der Waals surface area contributed by atoms with Crippen LogP contribution in [-0.4, -0.2) is 41.8 Å². The first-order valence-corrected chi connectivity index (χ1v) is 11.9. The summed E-state index contributed by atoms with van der Waals surface area (Å²) in [5, 5.41) is 13.2. The molecule has 0 radical (unpaired) electrons. The summed E-state index contributed by atoms with van der Waals surface area (Å²) < 4.78 is 38.4. The molecule has 0 amide bonds. The number of fused-ring (bicyclic) bond motifs is 2. The van der Waals surface area contributed by atoms with Gasteiger partial charge < -0.3 is 23.8 Å². The number of aromatic nitrogens is 2. The number of oxime groups is 1. The maximum absolute atomic E-state index is 12.9. The van der Waals surface area contributed by atoms with E-state index in [2.05, 4.69) is 21.0 Å². The third-order valence-corrected chi connectivity index (χ3v) is 7.10. The normalized spacial score (nSPS) is 19.2. The van der Waals surface area contributed by atoms with Gasteiger partial charge in [0.2, 0.25) is 6.79 Å². The molecule has 1 saturated carbocycles. The third kappa shape index (κ3) is 4.67. The second-order valence-electron chi connectivity index (χ2n) is 9.10. The standard InChI is InChI=1S/C26H25F2N5O4/c1-32(20-12-22(34)33(2)19-11-8-16(13-29)30-24(19)20)17-9-6-15(7-10-17)23(31-37-26(27)28)18-4-3-5-21-25(18)36-14-35-21/h3-5,8,11-12,15,17,26H,6-7,9-10,14H2,1-2H3/b31-23+. The van der Waals surface area contributed by atoms with Crippen LogP contribution in [-0.2, 0) is 11.9 Å². The predicted octanol–water partition coefficient (Wildman–Crippen LogP) is 4.17. The lowest BCUT2D eigenvalue weighted by Gasteiger charge is -2.36. The molecule has 37 heavy (non-hydrogen) atoms. The molecule has 1 fully saturated rings. The van der Waals surface area contributed by atoms with Gasteiger partial charge in [0, 0.05) is 37.7 Å². The molecule has 2 aliphatic rings. The van der Waals surface area contributed by atoms with Crippen molar-refractivity contribution >= 4 is 22.4 Å². The van der Waals surface area contributed by atoms with Crippen molar-refractivity contribution in [2.75, 3.05) is 18.7 Å². The first kappa shape index (κ1) is 24.5. The number of anilines is 1. The molecule has 11 heteroatoms. The summed E-state index contributed by atoms with van der Waals surface area (Å²) >= 11 is 0. The van der Waals surface area contributed by atoms with E-state index < -0.39 is 6.61 Å². The van der Waals surface area contributed by atoms with E-state index in [1.54, 1.807) is 37.4 Å². The quantitative estimate of drug-likeness (QED) is 0.363. The number of alkyl halides is 2. The zero-order chi connectivity index (χ0) is 26.1. The summed E-state index contributed by atoms with van der Waals surface area (Å²) in [5.41, 5.74) is 2.96. The number of rotatable bonds is 6. The van der Waals surface area contributed by atoms with Gasteiger partial charge in [-0.3, -0.25) is 4.79 Å². The zero-order valence-corrected chi connectivity index (χ0v) is 20.4. The molecule has 0 N–H and O–H groups in total. The number of nitriles is 1. The first-order valence-electron chi connectivity index (χ1n) is 11.9. The number of hydrogen-bond donors (Lipinski definition) is 0. The van der Waals surface area contributed by atoms with E-state index in [4.69, 9.17) is 9.47 Å². The Balaban J connectivity index is 1.41. The Morgan fingerprint density at radius 1 is 1.24 bits per heavy atom. The Kier molecular flexibility index (Phi) is 6.65. The van der Waals surface area contributed by atoms with Gasteiger partial charge >= 0.3 is 6.61 Å². The molecular formula is C26H25F2N5O4. The molecule has 1 aliphatic carbocycles. The fourth-order valence-electron chi connectivity index (χ4n) is 5.15. The predicted molar refractivity (Wildman–Crippen MR) is 132 cm³/mol. The average molecular weight is 510 g/mol. The number of para-hydroxylation sites is 1. The lowest BCUT2D eigenvalue weighted by molar-refractivity contribution is -0.128. The number of pyridine rings is 2. The minimum absolute atomic E-state index is 0.0545. The summed E-state index contributed by atoms with van der Waals surface area (Å²) in [5.74, 6) is 0.879. The lowest BCUT2D eigenvalue weighted by Crippen LogP contribution is -2.38. The number of ether oxygens (including phenoxy) is 2. The minimum Gasteiger partial charge on any atom is -0.454 e. The van der Waals surface area contributed by atoms with Gasteiger partial charge in [-0.25, -0.2) is 4.98 Å². The highest BCUT2D eigenvalue weighted by Crippen LogP contribution is 2.40. The Labute approximate surface area is 211 Å². The molecule has 2 aromatic heterocycles. The summed E-state index contributed by atoms with van der Waals surface area (Å²) in [4.78, 5) is 23.5. The van der Waals surface area contributed by atoms with Gasteiger partial charge in [-0.15, -0.1) is 0 Å². The van der Waals surface area contributed by atoms with Crippen LogP contribution in [0.25, 0.3) is 11.0 Å². The van der Waals surface area contributed by atoms with Crippen molar-refractivity contribution in [1.29, 1.82) is 5.26 Å². The van der Waals surface area contributed by atoms with E-state index >= 15 is 0 Å². The Morgan fingerprint density at radius 3 is 2.76 bits per heavy atom. The van der Waals surface area contributed by atoms with Crippen molar-refractivity contribution in [3.05, 3.63) is 58.0 Å². The van der Waals surface area contributed by atoms with E-state index in [0.29, 0.717) is 52.3 Å². The van der Waals surface area contributed by atoms with Crippen LogP contribution in [0.4, 0.5) is 14.5 Å².